The fourth-order valence-electron chi connectivity index (χ4n) is 2.74. The molecule has 0 radical (unpaired) electrons. The molecule has 2 aromatic carbocycles. The molecule has 1 aliphatic heterocycles. The number of amides is 2. The van der Waals surface area contributed by atoms with Crippen LogP contribution < -0.4 is 15.4 Å². The molecule has 2 amide bonds. The van der Waals surface area contributed by atoms with Gasteiger partial charge in [0, 0.05) is 12.1 Å². The zero-order valence-electron chi connectivity index (χ0n) is 14.3. The number of nitrogens with one attached hydrogen (secondary N) is 2. The van der Waals surface area contributed by atoms with Crippen molar-refractivity contribution in [2.45, 2.75) is 6.04 Å². The Hall–Kier alpha value is -2.86. The van der Waals surface area contributed by atoms with E-state index in [0.717, 1.165) is 5.56 Å². The fraction of sp³-hybridized carbons (Fsp3) is 0.263. The number of anilines is 1. The highest BCUT2D eigenvalue weighted by molar-refractivity contribution is 5.99. The lowest BCUT2D eigenvalue weighted by Gasteiger charge is -2.23. The zero-order chi connectivity index (χ0) is 17.8. The van der Waals surface area contributed by atoms with Crippen LogP contribution in [0.15, 0.2) is 48.5 Å². The molecule has 130 valence electrons. The summed E-state index contributed by atoms with van der Waals surface area (Å²) < 4.78 is 5.38. The van der Waals surface area contributed by atoms with Gasteiger partial charge in [-0.3, -0.25) is 9.59 Å². The predicted molar refractivity (Wildman–Crippen MR) is 95.8 cm³/mol. The van der Waals surface area contributed by atoms with Crippen LogP contribution in [-0.2, 0) is 4.79 Å². The van der Waals surface area contributed by atoms with Gasteiger partial charge in [-0.2, -0.15) is 0 Å². The van der Waals surface area contributed by atoms with E-state index in [0.29, 0.717) is 23.5 Å². The number of rotatable bonds is 5. The third-order valence-corrected chi connectivity index (χ3v) is 3.93. The first-order chi connectivity index (χ1) is 12.0. The molecule has 0 aliphatic carbocycles. The van der Waals surface area contributed by atoms with Gasteiger partial charge >= 0.3 is 0 Å². The minimum absolute atomic E-state index is 0.0364. The molecule has 0 saturated heterocycles. The average Bonchev–Trinajstić information content (AvgIpc) is 2.61. The average molecular weight is 339 g/mol. The maximum atomic E-state index is 12.7. The van der Waals surface area contributed by atoms with E-state index in [4.69, 9.17) is 4.74 Å². The molecule has 0 fully saturated rings. The summed E-state index contributed by atoms with van der Waals surface area (Å²) in [4.78, 5) is 26.0. The van der Waals surface area contributed by atoms with E-state index in [-0.39, 0.29) is 24.5 Å². The van der Waals surface area contributed by atoms with Gasteiger partial charge in [0.2, 0.25) is 0 Å². The highest BCUT2D eigenvalue weighted by atomic mass is 16.5. The minimum Gasteiger partial charge on any atom is -0.482 e. The Morgan fingerprint density at radius 1 is 1.24 bits per heavy atom. The number of carbonyl (C=O) groups is 2. The molecule has 6 nitrogen and oxygen atoms in total. The van der Waals surface area contributed by atoms with Gasteiger partial charge in [0.1, 0.15) is 5.75 Å². The summed E-state index contributed by atoms with van der Waals surface area (Å²) in [6, 6.07) is 14.8. The third kappa shape index (κ3) is 4.16. The van der Waals surface area contributed by atoms with Crippen LogP contribution >= 0.6 is 0 Å². The molecule has 1 unspecified atom stereocenters. The largest absolute Gasteiger partial charge is 0.482 e. The molecular weight excluding hydrogens is 318 g/mol. The van der Waals surface area contributed by atoms with Crippen molar-refractivity contribution < 1.29 is 14.3 Å². The molecule has 2 N–H and O–H groups in total. The lowest BCUT2D eigenvalue weighted by molar-refractivity contribution is -0.118. The number of nitrogens with zero attached hydrogens (tertiary/aromatic N) is 1. The summed E-state index contributed by atoms with van der Waals surface area (Å²) in [6.07, 6.45) is 0. The molecule has 3 rings (SSSR count). The number of hydrogen-bond acceptors (Lipinski definition) is 4. The van der Waals surface area contributed by atoms with E-state index in [2.05, 4.69) is 10.6 Å². The van der Waals surface area contributed by atoms with E-state index in [1.807, 2.05) is 49.3 Å². The first-order valence-electron chi connectivity index (χ1n) is 8.10. The summed E-state index contributed by atoms with van der Waals surface area (Å²) in [5.41, 5.74) is 2.13. The topological polar surface area (TPSA) is 70.7 Å². The summed E-state index contributed by atoms with van der Waals surface area (Å²) in [5.74, 6) is 0.134. The predicted octanol–water partition coefficient (Wildman–Crippen LogP) is 2.05. The van der Waals surface area contributed by atoms with Crippen LogP contribution in [0.3, 0.4) is 0 Å². The van der Waals surface area contributed by atoms with Crippen molar-refractivity contribution in [1.82, 2.24) is 10.2 Å². The Balaban J connectivity index is 1.78. The molecule has 1 heterocycles. The van der Waals surface area contributed by atoms with Crippen molar-refractivity contribution in [3.05, 3.63) is 59.7 Å². The SMILES string of the molecule is CN(C)CC(NC(=O)c1ccc2c(c1)OCC(=O)N2)c1ccccc1. The Kier molecular flexibility index (Phi) is 5.00. The summed E-state index contributed by atoms with van der Waals surface area (Å²) in [5, 5.41) is 5.79. The van der Waals surface area contributed by atoms with Crippen LogP contribution in [0.4, 0.5) is 5.69 Å². The first kappa shape index (κ1) is 17.0. The lowest BCUT2D eigenvalue weighted by Crippen LogP contribution is -2.35. The van der Waals surface area contributed by atoms with E-state index in [1.165, 1.54) is 0 Å². The van der Waals surface area contributed by atoms with E-state index in [9.17, 15) is 9.59 Å². The van der Waals surface area contributed by atoms with Crippen LogP contribution in [0.2, 0.25) is 0 Å². The Labute approximate surface area is 146 Å². The second-order valence-corrected chi connectivity index (χ2v) is 6.25. The third-order valence-electron chi connectivity index (χ3n) is 3.93. The highest BCUT2D eigenvalue weighted by Crippen LogP contribution is 2.28. The first-order valence-corrected chi connectivity index (χ1v) is 8.10. The van der Waals surface area contributed by atoms with Crippen LogP contribution in [0.25, 0.3) is 0 Å². The maximum Gasteiger partial charge on any atom is 0.262 e. The molecule has 0 spiro atoms. The van der Waals surface area contributed by atoms with Gasteiger partial charge < -0.3 is 20.3 Å². The van der Waals surface area contributed by atoms with Crippen molar-refractivity contribution in [1.29, 1.82) is 0 Å². The molecule has 1 atom stereocenters. The highest BCUT2D eigenvalue weighted by Gasteiger charge is 2.20. The Bertz CT molecular complexity index is 775. The summed E-state index contributed by atoms with van der Waals surface area (Å²) in [6.45, 7) is 0.651. The molecule has 1 aliphatic rings. The Morgan fingerprint density at radius 2 is 2.00 bits per heavy atom. The van der Waals surface area contributed by atoms with Crippen LogP contribution in [0.1, 0.15) is 22.0 Å². The monoisotopic (exact) mass is 339 g/mol. The fourth-order valence-corrected chi connectivity index (χ4v) is 2.74. The molecule has 0 bridgehead atoms. The normalized spacial score (nSPS) is 14.3. The molecule has 25 heavy (non-hydrogen) atoms. The quantitative estimate of drug-likeness (QED) is 0.875. The van der Waals surface area contributed by atoms with Crippen molar-refractivity contribution in [2.75, 3.05) is 32.6 Å². The Morgan fingerprint density at radius 3 is 2.72 bits per heavy atom. The van der Waals surface area contributed by atoms with Crippen molar-refractivity contribution >= 4 is 17.5 Å². The second-order valence-electron chi connectivity index (χ2n) is 6.25. The van der Waals surface area contributed by atoms with Gasteiger partial charge in [0.25, 0.3) is 11.8 Å². The number of hydrogen-bond donors (Lipinski definition) is 2. The molecule has 0 saturated carbocycles. The van der Waals surface area contributed by atoms with Crippen LogP contribution in [0, 0.1) is 0 Å². The number of likely N-dealkylation sites (N-methyl/N-ethyl adjacent to an activating group) is 1. The second kappa shape index (κ2) is 7.36. The van der Waals surface area contributed by atoms with E-state index in [1.54, 1.807) is 18.2 Å². The molecule has 0 aromatic heterocycles. The van der Waals surface area contributed by atoms with E-state index >= 15 is 0 Å². The number of ether oxygens (including phenoxy) is 1. The number of benzene rings is 2. The van der Waals surface area contributed by atoms with Gasteiger partial charge in [-0.25, -0.2) is 0 Å². The van der Waals surface area contributed by atoms with Crippen LogP contribution in [-0.4, -0.2) is 44.0 Å². The number of fused-ring (bicyclic) bond motifs is 1. The number of carbonyl (C=O) groups excluding carboxylic acids is 2. The van der Waals surface area contributed by atoms with Crippen molar-refractivity contribution in [2.24, 2.45) is 0 Å². The maximum absolute atomic E-state index is 12.7. The van der Waals surface area contributed by atoms with Crippen molar-refractivity contribution in [3.8, 4) is 5.75 Å². The van der Waals surface area contributed by atoms with Crippen molar-refractivity contribution in [3.63, 3.8) is 0 Å². The lowest BCUT2D eigenvalue weighted by atomic mass is 10.1. The van der Waals surface area contributed by atoms with Gasteiger partial charge in [-0.1, -0.05) is 30.3 Å². The summed E-state index contributed by atoms with van der Waals surface area (Å²) >= 11 is 0. The molecule has 2 aromatic rings. The van der Waals surface area contributed by atoms with E-state index < -0.39 is 0 Å². The zero-order valence-corrected chi connectivity index (χ0v) is 14.3. The van der Waals surface area contributed by atoms with Gasteiger partial charge in [-0.05, 0) is 37.9 Å². The summed E-state index contributed by atoms with van der Waals surface area (Å²) in [7, 11) is 3.94. The minimum atomic E-state index is -0.195. The van der Waals surface area contributed by atoms with Gasteiger partial charge in [0.05, 0.1) is 11.7 Å². The molecular formula is C19H21N3O3. The smallest absolute Gasteiger partial charge is 0.262 e. The van der Waals surface area contributed by atoms with Gasteiger partial charge in [0.15, 0.2) is 6.61 Å². The van der Waals surface area contributed by atoms with Gasteiger partial charge in [-0.15, -0.1) is 0 Å². The van der Waals surface area contributed by atoms with Crippen LogP contribution in [0.5, 0.6) is 5.75 Å². The standard InChI is InChI=1S/C19H21N3O3/c1-22(2)11-16(13-6-4-3-5-7-13)21-19(24)14-8-9-15-17(10-14)25-12-18(23)20-15/h3-10,16H,11-12H2,1-2H3,(H,20,23)(H,21,24). The molecule has 6 heteroatoms.